The van der Waals surface area contributed by atoms with Gasteiger partial charge >= 0.3 is 0 Å². The fraction of sp³-hybridized carbons (Fsp3) is 0.167. The number of aromatic nitrogens is 4. The number of rotatable bonds is 7. The molecule has 6 nitrogen and oxygen atoms in total. The van der Waals surface area contributed by atoms with E-state index in [2.05, 4.69) is 39.8 Å². The maximum atomic E-state index is 12.9. The van der Waals surface area contributed by atoms with Crippen molar-refractivity contribution in [3.63, 3.8) is 0 Å². The first-order valence-electron chi connectivity index (χ1n) is 10.1. The van der Waals surface area contributed by atoms with Gasteiger partial charge in [0.15, 0.2) is 5.78 Å². The molecule has 0 saturated heterocycles. The largest absolute Gasteiger partial charge is 0.492 e. The van der Waals surface area contributed by atoms with E-state index in [0.29, 0.717) is 23.1 Å². The molecule has 154 valence electrons. The van der Waals surface area contributed by atoms with Gasteiger partial charge in [-0.25, -0.2) is 0 Å². The average molecular weight is 429 g/mol. The van der Waals surface area contributed by atoms with Gasteiger partial charge in [-0.05, 0) is 64.2 Å². The Morgan fingerprint density at radius 3 is 2.74 bits per heavy atom. The summed E-state index contributed by atoms with van der Waals surface area (Å²) >= 11 is 1.32. The monoisotopic (exact) mass is 428 g/mol. The third kappa shape index (κ3) is 3.72. The van der Waals surface area contributed by atoms with Gasteiger partial charge < -0.3 is 4.74 Å². The topological polar surface area (TPSA) is 69.9 Å². The number of ether oxygens (including phenoxy) is 1. The van der Waals surface area contributed by atoms with Crippen molar-refractivity contribution in [3.8, 4) is 22.6 Å². The van der Waals surface area contributed by atoms with Crippen molar-refractivity contribution in [2.24, 2.45) is 0 Å². The van der Waals surface area contributed by atoms with Crippen molar-refractivity contribution >= 4 is 17.5 Å². The van der Waals surface area contributed by atoms with Gasteiger partial charge in [0.1, 0.15) is 11.4 Å². The van der Waals surface area contributed by atoms with Gasteiger partial charge in [-0.1, -0.05) is 60.3 Å². The van der Waals surface area contributed by atoms with Crippen molar-refractivity contribution in [1.82, 2.24) is 20.2 Å². The van der Waals surface area contributed by atoms with Gasteiger partial charge in [-0.3, -0.25) is 4.79 Å². The second-order valence-electron chi connectivity index (χ2n) is 7.19. The zero-order valence-corrected chi connectivity index (χ0v) is 17.8. The highest BCUT2D eigenvalue weighted by Crippen LogP contribution is 2.37. The summed E-state index contributed by atoms with van der Waals surface area (Å²) in [5.41, 5.74) is 6.40. The van der Waals surface area contributed by atoms with Crippen LogP contribution in [0.5, 0.6) is 5.75 Å². The van der Waals surface area contributed by atoms with Gasteiger partial charge in [0, 0.05) is 5.56 Å². The zero-order valence-electron chi connectivity index (χ0n) is 17.0. The Balaban J connectivity index is 1.35. The van der Waals surface area contributed by atoms with Crippen molar-refractivity contribution in [2.75, 3.05) is 12.4 Å². The molecule has 1 aliphatic rings. The van der Waals surface area contributed by atoms with Crippen LogP contribution in [0.4, 0.5) is 0 Å². The van der Waals surface area contributed by atoms with Gasteiger partial charge in [0.25, 0.3) is 0 Å². The fourth-order valence-corrected chi connectivity index (χ4v) is 4.62. The molecule has 31 heavy (non-hydrogen) atoms. The summed E-state index contributed by atoms with van der Waals surface area (Å²) in [5, 5.41) is 12.5. The molecule has 0 bridgehead atoms. The van der Waals surface area contributed by atoms with Crippen LogP contribution in [0.25, 0.3) is 16.8 Å². The Labute approximate surface area is 184 Å². The predicted molar refractivity (Wildman–Crippen MR) is 120 cm³/mol. The maximum Gasteiger partial charge on any atom is 0.214 e. The summed E-state index contributed by atoms with van der Waals surface area (Å²) in [5.74, 6) is 0.991. The van der Waals surface area contributed by atoms with Gasteiger partial charge in [0.2, 0.25) is 5.16 Å². The molecule has 3 aromatic carbocycles. The van der Waals surface area contributed by atoms with Crippen LogP contribution < -0.4 is 4.74 Å². The van der Waals surface area contributed by atoms with Crippen LogP contribution in [-0.4, -0.2) is 38.4 Å². The van der Waals surface area contributed by atoms with Crippen LogP contribution in [0, 0.1) is 0 Å². The number of hydrogen-bond acceptors (Lipinski definition) is 6. The van der Waals surface area contributed by atoms with E-state index >= 15 is 0 Å². The fourth-order valence-electron chi connectivity index (χ4n) is 3.84. The first kappa shape index (κ1) is 19.5. The molecule has 0 N–H and O–H groups in total. The predicted octanol–water partition coefficient (Wildman–Crippen LogP) is 4.61. The minimum absolute atomic E-state index is 0.0461. The molecule has 1 aliphatic carbocycles. The van der Waals surface area contributed by atoms with E-state index in [1.54, 1.807) is 4.68 Å². The van der Waals surface area contributed by atoms with E-state index < -0.39 is 0 Å². The number of ketones is 1. The molecule has 0 unspecified atom stereocenters. The van der Waals surface area contributed by atoms with Crippen LogP contribution >= 0.6 is 11.8 Å². The van der Waals surface area contributed by atoms with Crippen molar-refractivity contribution in [2.45, 2.75) is 18.5 Å². The number of tetrazole rings is 1. The smallest absolute Gasteiger partial charge is 0.214 e. The highest BCUT2D eigenvalue weighted by molar-refractivity contribution is 7.99. The lowest BCUT2D eigenvalue weighted by molar-refractivity contribution is 0.102. The minimum atomic E-state index is 0.0461. The van der Waals surface area contributed by atoms with E-state index in [-0.39, 0.29) is 11.5 Å². The number of fused-ring (bicyclic) bond motifs is 3. The Bertz CT molecular complexity index is 1270. The standard InChI is InChI=1S/C24H20N4O2S/c1-2-30-23-10-6-5-9-21(23)28-24(25-26-27-28)31-15-22(29)18-12-11-17-13-16-7-3-4-8-19(16)20(17)14-18/h3-12,14H,2,13,15H2,1H3. The Morgan fingerprint density at radius 1 is 1.03 bits per heavy atom. The molecule has 1 heterocycles. The quantitative estimate of drug-likeness (QED) is 0.279. The number of Topliss-reactive ketones (excluding diaryl/α,β-unsaturated/α-hetero) is 1. The van der Waals surface area contributed by atoms with Crippen LogP contribution in [0.1, 0.15) is 28.4 Å². The second kappa shape index (κ2) is 8.35. The number of nitrogens with zero attached hydrogens (tertiary/aromatic N) is 4. The summed E-state index contributed by atoms with van der Waals surface area (Å²) in [6.07, 6.45) is 0.919. The van der Waals surface area contributed by atoms with E-state index in [1.807, 2.05) is 49.4 Å². The number of para-hydroxylation sites is 2. The number of benzene rings is 3. The number of carbonyl (C=O) groups is 1. The van der Waals surface area contributed by atoms with Crippen molar-refractivity contribution < 1.29 is 9.53 Å². The van der Waals surface area contributed by atoms with Crippen LogP contribution in [0.2, 0.25) is 0 Å². The minimum Gasteiger partial charge on any atom is -0.492 e. The molecule has 0 aliphatic heterocycles. The molecule has 4 aromatic rings. The van der Waals surface area contributed by atoms with E-state index in [0.717, 1.165) is 17.7 Å². The first-order chi connectivity index (χ1) is 15.2. The van der Waals surface area contributed by atoms with Crippen LogP contribution in [0.3, 0.4) is 0 Å². The number of carbonyl (C=O) groups excluding carboxylic acids is 1. The van der Waals surface area contributed by atoms with E-state index in [1.165, 1.54) is 28.5 Å². The van der Waals surface area contributed by atoms with Crippen LogP contribution in [-0.2, 0) is 6.42 Å². The molecule has 0 amide bonds. The highest BCUT2D eigenvalue weighted by atomic mass is 32.2. The molecule has 7 heteroatoms. The summed E-state index contributed by atoms with van der Waals surface area (Å²) in [6.45, 7) is 2.47. The van der Waals surface area contributed by atoms with Crippen molar-refractivity contribution in [1.29, 1.82) is 0 Å². The van der Waals surface area contributed by atoms with Crippen LogP contribution in [0.15, 0.2) is 71.9 Å². The lowest BCUT2D eigenvalue weighted by atomic mass is 10.0. The lowest BCUT2D eigenvalue weighted by Gasteiger charge is -2.10. The third-order valence-electron chi connectivity index (χ3n) is 5.29. The number of hydrogen-bond donors (Lipinski definition) is 0. The maximum absolute atomic E-state index is 12.9. The zero-order chi connectivity index (χ0) is 21.2. The van der Waals surface area contributed by atoms with E-state index in [4.69, 9.17) is 4.74 Å². The molecule has 0 saturated carbocycles. The molecular weight excluding hydrogens is 408 g/mol. The van der Waals surface area contributed by atoms with Gasteiger partial charge in [-0.15, -0.1) is 5.10 Å². The lowest BCUT2D eigenvalue weighted by Crippen LogP contribution is -2.06. The Morgan fingerprint density at radius 2 is 1.84 bits per heavy atom. The summed E-state index contributed by atoms with van der Waals surface area (Å²) in [6, 6.07) is 21.9. The molecule has 0 atom stereocenters. The first-order valence-corrected chi connectivity index (χ1v) is 11.1. The highest BCUT2D eigenvalue weighted by Gasteiger charge is 2.20. The van der Waals surface area contributed by atoms with Gasteiger partial charge in [0.05, 0.1) is 12.4 Å². The molecule has 0 spiro atoms. The summed E-state index contributed by atoms with van der Waals surface area (Å²) < 4.78 is 7.30. The second-order valence-corrected chi connectivity index (χ2v) is 8.13. The number of thioether (sulfide) groups is 1. The molecular formula is C24H20N4O2S. The molecule has 5 rings (SSSR count). The summed E-state index contributed by atoms with van der Waals surface area (Å²) in [7, 11) is 0. The average Bonchev–Trinajstić information content (AvgIpc) is 3.42. The Kier molecular flexibility index (Phi) is 5.26. The van der Waals surface area contributed by atoms with Crippen molar-refractivity contribution in [3.05, 3.63) is 83.4 Å². The summed E-state index contributed by atoms with van der Waals surface area (Å²) in [4.78, 5) is 12.9. The molecule has 0 radical (unpaired) electrons. The normalized spacial score (nSPS) is 11.8. The third-order valence-corrected chi connectivity index (χ3v) is 6.21. The molecule has 0 fully saturated rings. The van der Waals surface area contributed by atoms with Gasteiger partial charge in [-0.2, -0.15) is 4.68 Å². The SMILES string of the molecule is CCOc1ccccc1-n1nnnc1SCC(=O)c1ccc2c(c1)-c1ccccc1C2. The Hall–Kier alpha value is -3.45. The molecule has 1 aromatic heterocycles. The van der Waals surface area contributed by atoms with E-state index in [9.17, 15) is 4.79 Å².